The van der Waals surface area contributed by atoms with Crippen LogP contribution in [0.5, 0.6) is 0 Å². The SMILES string of the molecule is CCCCCCC/C=C\C/C=C\CCCCCCCCCCCCCCOCC(COP(=O)(O)OCCN)OC(=O)CCCCCCC/C=C\CCCCCCCC. The smallest absolute Gasteiger partial charge is 0.457 e. The fourth-order valence-electron chi connectivity index (χ4n) is 6.91. The van der Waals surface area contributed by atoms with Crippen LogP contribution < -0.4 is 5.73 Å². The Hall–Kier alpha value is -1.28. The summed E-state index contributed by atoms with van der Waals surface area (Å²) in [5.74, 6) is -0.337. The molecule has 0 aliphatic heterocycles. The van der Waals surface area contributed by atoms with Gasteiger partial charge in [-0.3, -0.25) is 13.8 Å². The van der Waals surface area contributed by atoms with Gasteiger partial charge in [-0.2, -0.15) is 0 Å². The number of phosphoric ester groups is 1. The van der Waals surface area contributed by atoms with Crippen LogP contribution >= 0.6 is 7.82 Å². The Morgan fingerprint density at radius 2 is 0.914 bits per heavy atom. The number of carbonyl (C=O) groups is 1. The molecule has 0 saturated carbocycles. The highest BCUT2D eigenvalue weighted by Crippen LogP contribution is 2.43. The quantitative estimate of drug-likeness (QED) is 0.0269. The zero-order chi connectivity index (χ0) is 42.3. The Morgan fingerprint density at radius 3 is 1.36 bits per heavy atom. The van der Waals surface area contributed by atoms with Crippen molar-refractivity contribution in [1.29, 1.82) is 0 Å². The van der Waals surface area contributed by atoms with Crippen molar-refractivity contribution in [3.8, 4) is 0 Å². The molecule has 3 N–H and O–H groups in total. The summed E-state index contributed by atoms with van der Waals surface area (Å²) in [4.78, 5) is 22.5. The van der Waals surface area contributed by atoms with Crippen molar-refractivity contribution >= 4 is 13.8 Å². The molecule has 58 heavy (non-hydrogen) atoms. The van der Waals surface area contributed by atoms with Crippen LogP contribution in [-0.2, 0) is 27.9 Å². The van der Waals surface area contributed by atoms with E-state index in [4.69, 9.17) is 24.3 Å². The molecule has 2 unspecified atom stereocenters. The zero-order valence-electron chi connectivity index (χ0n) is 38.0. The largest absolute Gasteiger partial charge is 0.472 e. The highest BCUT2D eigenvalue weighted by Gasteiger charge is 2.25. The van der Waals surface area contributed by atoms with Gasteiger partial charge in [0, 0.05) is 19.6 Å². The Balaban J connectivity index is 3.93. The minimum atomic E-state index is -4.28. The molecule has 0 rings (SSSR count). The first-order chi connectivity index (χ1) is 28.4. The van der Waals surface area contributed by atoms with E-state index in [-0.39, 0.29) is 32.3 Å². The molecule has 342 valence electrons. The lowest BCUT2D eigenvalue weighted by atomic mass is 10.0. The Kier molecular flexibility index (Phi) is 45.7. The van der Waals surface area contributed by atoms with Crippen LogP contribution in [0.2, 0.25) is 0 Å². The van der Waals surface area contributed by atoms with E-state index in [1.807, 2.05) is 0 Å². The summed E-state index contributed by atoms with van der Waals surface area (Å²) < 4.78 is 33.5. The molecule has 0 aromatic carbocycles. The molecule has 0 spiro atoms. The third kappa shape index (κ3) is 45.8. The number of allylic oxidation sites excluding steroid dienone is 6. The number of phosphoric acid groups is 1. The second-order valence-electron chi connectivity index (χ2n) is 16.3. The van der Waals surface area contributed by atoms with E-state index >= 15 is 0 Å². The lowest BCUT2D eigenvalue weighted by Gasteiger charge is -2.20. The number of hydrogen-bond acceptors (Lipinski definition) is 7. The van der Waals surface area contributed by atoms with Crippen molar-refractivity contribution in [2.75, 3.05) is 33.0 Å². The standard InChI is InChI=1S/C49H94NO7P/c1-3-5-7-9-11-13-15-17-19-20-21-22-23-24-25-26-27-29-31-33-35-37-39-41-44-54-46-48(47-56-58(52,53)55-45-43-50)57-49(51)42-40-38-36-34-32-30-28-18-16-14-12-10-8-6-4-2/h15,17-18,20-21,28,48H,3-14,16,19,22-27,29-47,50H2,1-2H3,(H,52,53)/b17-15-,21-20-,28-18-. The van der Waals surface area contributed by atoms with E-state index in [1.165, 1.54) is 161 Å². The monoisotopic (exact) mass is 840 g/mol. The number of esters is 1. The predicted molar refractivity (Wildman–Crippen MR) is 247 cm³/mol. The highest BCUT2D eigenvalue weighted by atomic mass is 31.2. The molecule has 0 fully saturated rings. The van der Waals surface area contributed by atoms with E-state index < -0.39 is 13.9 Å². The normalized spacial score (nSPS) is 13.7. The maximum Gasteiger partial charge on any atom is 0.472 e. The molecule has 2 atom stereocenters. The Morgan fingerprint density at radius 1 is 0.517 bits per heavy atom. The Bertz CT molecular complexity index is 988. The van der Waals surface area contributed by atoms with Crippen molar-refractivity contribution in [2.24, 2.45) is 5.73 Å². The molecule has 9 heteroatoms. The topological polar surface area (TPSA) is 117 Å². The summed E-state index contributed by atoms with van der Waals surface area (Å²) in [5.41, 5.74) is 5.38. The van der Waals surface area contributed by atoms with Crippen molar-refractivity contribution in [3.05, 3.63) is 36.5 Å². The molecule has 0 saturated heterocycles. The fourth-order valence-corrected chi connectivity index (χ4v) is 7.67. The number of carbonyl (C=O) groups excluding carboxylic acids is 1. The van der Waals surface area contributed by atoms with Crippen LogP contribution in [0.1, 0.15) is 232 Å². The van der Waals surface area contributed by atoms with E-state index in [1.54, 1.807) is 0 Å². The fraction of sp³-hybridized carbons (Fsp3) is 0.857. The van der Waals surface area contributed by atoms with Gasteiger partial charge in [-0.1, -0.05) is 192 Å². The van der Waals surface area contributed by atoms with Gasteiger partial charge in [0.25, 0.3) is 0 Å². The van der Waals surface area contributed by atoms with Gasteiger partial charge in [-0.25, -0.2) is 4.57 Å². The summed E-state index contributed by atoms with van der Waals surface area (Å²) in [6, 6.07) is 0. The molecule has 0 aromatic rings. The van der Waals surface area contributed by atoms with Crippen LogP contribution in [0.25, 0.3) is 0 Å². The molecule has 0 aromatic heterocycles. The molecular formula is C49H94NO7P. The lowest BCUT2D eigenvalue weighted by Crippen LogP contribution is -2.28. The third-order valence-electron chi connectivity index (χ3n) is 10.5. The molecule has 8 nitrogen and oxygen atoms in total. The lowest BCUT2D eigenvalue weighted by molar-refractivity contribution is -0.154. The van der Waals surface area contributed by atoms with Crippen LogP contribution in [-0.4, -0.2) is 49.9 Å². The van der Waals surface area contributed by atoms with Crippen LogP contribution in [0.15, 0.2) is 36.5 Å². The van der Waals surface area contributed by atoms with Crippen LogP contribution in [0.4, 0.5) is 0 Å². The minimum absolute atomic E-state index is 0.0967. The minimum Gasteiger partial charge on any atom is -0.457 e. The third-order valence-corrected chi connectivity index (χ3v) is 11.5. The van der Waals surface area contributed by atoms with Gasteiger partial charge in [-0.15, -0.1) is 0 Å². The summed E-state index contributed by atoms with van der Waals surface area (Å²) in [6.45, 7) is 4.92. The molecule has 0 aliphatic carbocycles. The van der Waals surface area contributed by atoms with E-state index in [9.17, 15) is 14.3 Å². The number of hydrogen-bond donors (Lipinski definition) is 2. The number of rotatable bonds is 47. The molecule has 0 amide bonds. The van der Waals surface area contributed by atoms with Crippen molar-refractivity contribution in [2.45, 2.75) is 238 Å². The molecule has 0 heterocycles. The van der Waals surface area contributed by atoms with E-state index in [0.717, 1.165) is 51.4 Å². The molecule has 0 radical (unpaired) electrons. The van der Waals surface area contributed by atoms with E-state index in [2.05, 4.69) is 50.3 Å². The van der Waals surface area contributed by atoms with Gasteiger partial charge >= 0.3 is 13.8 Å². The maximum atomic E-state index is 12.6. The van der Waals surface area contributed by atoms with Gasteiger partial charge < -0.3 is 20.1 Å². The molecule has 0 bridgehead atoms. The number of ether oxygens (including phenoxy) is 2. The first-order valence-electron chi connectivity index (χ1n) is 24.5. The summed E-state index contributed by atoms with van der Waals surface area (Å²) in [6.07, 6.45) is 54.6. The average Bonchev–Trinajstić information content (AvgIpc) is 3.21. The maximum absolute atomic E-state index is 12.6. The second kappa shape index (κ2) is 46.8. The first-order valence-corrected chi connectivity index (χ1v) is 26.0. The second-order valence-corrected chi connectivity index (χ2v) is 17.8. The van der Waals surface area contributed by atoms with Crippen molar-refractivity contribution < 1.29 is 32.8 Å². The van der Waals surface area contributed by atoms with Crippen molar-refractivity contribution in [1.82, 2.24) is 0 Å². The van der Waals surface area contributed by atoms with Gasteiger partial charge in [0.1, 0.15) is 6.10 Å². The Labute approximate surface area is 358 Å². The predicted octanol–water partition coefficient (Wildman–Crippen LogP) is 15.0. The summed E-state index contributed by atoms with van der Waals surface area (Å²) in [7, 11) is -4.28. The molecular weight excluding hydrogens is 746 g/mol. The average molecular weight is 840 g/mol. The van der Waals surface area contributed by atoms with Gasteiger partial charge in [0.05, 0.1) is 19.8 Å². The first kappa shape index (κ1) is 56.7. The highest BCUT2D eigenvalue weighted by molar-refractivity contribution is 7.47. The van der Waals surface area contributed by atoms with Gasteiger partial charge in [-0.05, 0) is 70.6 Å². The summed E-state index contributed by atoms with van der Waals surface area (Å²) in [5, 5.41) is 0. The van der Waals surface area contributed by atoms with E-state index in [0.29, 0.717) is 13.0 Å². The van der Waals surface area contributed by atoms with Gasteiger partial charge in [0.2, 0.25) is 0 Å². The number of nitrogens with two attached hydrogens (primary N) is 1. The van der Waals surface area contributed by atoms with Crippen LogP contribution in [0, 0.1) is 0 Å². The van der Waals surface area contributed by atoms with Gasteiger partial charge in [0.15, 0.2) is 0 Å². The van der Waals surface area contributed by atoms with Crippen molar-refractivity contribution in [3.63, 3.8) is 0 Å². The molecule has 0 aliphatic rings. The van der Waals surface area contributed by atoms with Crippen LogP contribution in [0.3, 0.4) is 0 Å². The number of unbranched alkanes of at least 4 members (excludes halogenated alkanes) is 28. The zero-order valence-corrected chi connectivity index (χ0v) is 38.9. The summed E-state index contributed by atoms with van der Waals surface area (Å²) >= 11 is 0.